The van der Waals surface area contributed by atoms with Crippen LogP contribution in [0.4, 0.5) is 0 Å². The van der Waals surface area contributed by atoms with Crippen LogP contribution in [0.15, 0.2) is 35.9 Å². The van der Waals surface area contributed by atoms with Gasteiger partial charge in [-0.1, -0.05) is 35.4 Å². The number of hydrogen-bond donors (Lipinski definition) is 1. The van der Waals surface area contributed by atoms with Gasteiger partial charge in [0.05, 0.1) is 19.1 Å². The van der Waals surface area contributed by atoms with E-state index in [-0.39, 0.29) is 12.0 Å². The minimum Gasteiger partial charge on any atom is -0.375 e. The molecule has 5 heteroatoms. The molecule has 1 fully saturated rings. The van der Waals surface area contributed by atoms with Crippen molar-refractivity contribution < 1.29 is 9.53 Å². The first-order valence-electron chi connectivity index (χ1n) is 9.73. The molecule has 2 aliphatic rings. The number of carbonyl (C=O) groups is 1. The van der Waals surface area contributed by atoms with Crippen molar-refractivity contribution in [1.29, 1.82) is 0 Å². The van der Waals surface area contributed by atoms with E-state index in [0.717, 1.165) is 36.6 Å². The van der Waals surface area contributed by atoms with E-state index in [1.54, 1.807) is 0 Å². The van der Waals surface area contributed by atoms with Gasteiger partial charge in [0, 0.05) is 31.2 Å². The second-order valence-corrected chi connectivity index (χ2v) is 7.64. The van der Waals surface area contributed by atoms with E-state index in [9.17, 15) is 4.79 Å². The van der Waals surface area contributed by atoms with Gasteiger partial charge in [-0.15, -0.1) is 0 Å². The molecular weight excluding hydrogens is 348 g/mol. The van der Waals surface area contributed by atoms with Gasteiger partial charge in [0.1, 0.15) is 0 Å². The summed E-state index contributed by atoms with van der Waals surface area (Å²) in [5.74, 6) is 0.171. The molecule has 1 aromatic rings. The predicted molar refractivity (Wildman–Crippen MR) is 105 cm³/mol. The highest BCUT2D eigenvalue weighted by atomic mass is 35.5. The summed E-state index contributed by atoms with van der Waals surface area (Å²) in [7, 11) is 0. The van der Waals surface area contributed by atoms with Gasteiger partial charge in [-0.2, -0.15) is 0 Å². The Hall–Kier alpha value is -1.36. The van der Waals surface area contributed by atoms with Gasteiger partial charge in [-0.25, -0.2) is 0 Å². The molecule has 1 heterocycles. The molecule has 1 aliphatic heterocycles. The Morgan fingerprint density at radius 3 is 2.81 bits per heavy atom. The standard InChI is InChI=1S/C21H29ClN2O2/c22-19-8-6-18(7-9-19)16-24(12-10-17-4-2-1-3-5-17)21(25)14-20-15-23-11-13-26-20/h4,6-9,20,23H,1-3,5,10-16H2/t20-/m0/s1. The lowest BCUT2D eigenvalue weighted by molar-refractivity contribution is -0.135. The third-order valence-corrected chi connectivity index (χ3v) is 5.39. The number of halogens is 1. The van der Waals surface area contributed by atoms with Crippen LogP contribution in [0.2, 0.25) is 5.02 Å². The summed E-state index contributed by atoms with van der Waals surface area (Å²) in [5.41, 5.74) is 2.61. The summed E-state index contributed by atoms with van der Waals surface area (Å²) in [6, 6.07) is 7.77. The molecule has 1 aliphatic carbocycles. The minimum absolute atomic E-state index is 0.0159. The summed E-state index contributed by atoms with van der Waals surface area (Å²) in [6.45, 7) is 3.71. The fourth-order valence-electron chi connectivity index (χ4n) is 3.59. The topological polar surface area (TPSA) is 41.6 Å². The highest BCUT2D eigenvalue weighted by molar-refractivity contribution is 6.30. The zero-order valence-corrected chi connectivity index (χ0v) is 16.1. The number of morpholine rings is 1. The van der Waals surface area contributed by atoms with Crippen LogP contribution in [0.5, 0.6) is 0 Å². The number of nitrogens with zero attached hydrogens (tertiary/aromatic N) is 1. The molecule has 0 radical (unpaired) electrons. The average Bonchev–Trinajstić information content (AvgIpc) is 2.68. The zero-order chi connectivity index (χ0) is 18.2. The van der Waals surface area contributed by atoms with Crippen molar-refractivity contribution in [3.8, 4) is 0 Å². The van der Waals surface area contributed by atoms with Gasteiger partial charge in [-0.05, 0) is 49.8 Å². The Morgan fingerprint density at radius 2 is 2.12 bits per heavy atom. The van der Waals surface area contributed by atoms with E-state index in [4.69, 9.17) is 16.3 Å². The SMILES string of the molecule is O=C(C[C@H]1CNCCO1)N(CCC1=CCCCC1)Cc1ccc(Cl)cc1. The Balaban J connectivity index is 1.61. The van der Waals surface area contributed by atoms with Crippen LogP contribution in [0.1, 0.15) is 44.1 Å². The number of benzene rings is 1. The first-order valence-corrected chi connectivity index (χ1v) is 10.1. The van der Waals surface area contributed by atoms with E-state index in [1.807, 2.05) is 29.2 Å². The first kappa shape index (κ1) is 19.4. The van der Waals surface area contributed by atoms with Gasteiger partial charge in [0.25, 0.3) is 0 Å². The van der Waals surface area contributed by atoms with Crippen LogP contribution in [-0.2, 0) is 16.1 Å². The number of amides is 1. The Kier molecular flexibility index (Phi) is 7.54. The molecular formula is C21H29ClN2O2. The number of rotatable bonds is 7. The number of ether oxygens (including phenoxy) is 1. The monoisotopic (exact) mass is 376 g/mol. The number of hydrogen-bond acceptors (Lipinski definition) is 3. The summed E-state index contributed by atoms with van der Waals surface area (Å²) < 4.78 is 5.72. The smallest absolute Gasteiger partial charge is 0.225 e. The van der Waals surface area contributed by atoms with E-state index < -0.39 is 0 Å². The third-order valence-electron chi connectivity index (χ3n) is 5.13. The van der Waals surface area contributed by atoms with E-state index in [1.165, 1.54) is 31.3 Å². The van der Waals surface area contributed by atoms with Crippen molar-refractivity contribution >= 4 is 17.5 Å². The lowest BCUT2D eigenvalue weighted by Crippen LogP contribution is -2.42. The molecule has 1 atom stereocenters. The predicted octanol–water partition coefficient (Wildman–Crippen LogP) is 3.94. The van der Waals surface area contributed by atoms with Crippen molar-refractivity contribution in [3.63, 3.8) is 0 Å². The van der Waals surface area contributed by atoms with Crippen LogP contribution >= 0.6 is 11.6 Å². The number of carbonyl (C=O) groups excluding carboxylic acids is 1. The largest absolute Gasteiger partial charge is 0.375 e. The lowest BCUT2D eigenvalue weighted by Gasteiger charge is -2.28. The van der Waals surface area contributed by atoms with Gasteiger partial charge >= 0.3 is 0 Å². The quantitative estimate of drug-likeness (QED) is 0.733. The molecule has 1 aromatic carbocycles. The highest BCUT2D eigenvalue weighted by Gasteiger charge is 2.22. The first-order chi connectivity index (χ1) is 12.7. The highest BCUT2D eigenvalue weighted by Crippen LogP contribution is 2.21. The van der Waals surface area contributed by atoms with Crippen LogP contribution in [0.25, 0.3) is 0 Å². The normalized spacial score (nSPS) is 20.5. The molecule has 1 amide bonds. The maximum Gasteiger partial charge on any atom is 0.225 e. The van der Waals surface area contributed by atoms with E-state index in [0.29, 0.717) is 19.6 Å². The van der Waals surface area contributed by atoms with Crippen LogP contribution in [-0.4, -0.2) is 43.2 Å². The molecule has 0 spiro atoms. The van der Waals surface area contributed by atoms with Gasteiger partial charge < -0.3 is 15.0 Å². The molecule has 3 rings (SSSR count). The Morgan fingerprint density at radius 1 is 1.27 bits per heavy atom. The molecule has 26 heavy (non-hydrogen) atoms. The Bertz CT molecular complexity index is 609. The van der Waals surface area contributed by atoms with Crippen LogP contribution < -0.4 is 5.32 Å². The number of nitrogens with one attached hydrogen (secondary N) is 1. The molecule has 1 saturated heterocycles. The summed E-state index contributed by atoms with van der Waals surface area (Å²) >= 11 is 5.99. The van der Waals surface area contributed by atoms with Crippen molar-refractivity contribution in [2.75, 3.05) is 26.2 Å². The summed E-state index contributed by atoms with van der Waals surface area (Å²) in [5, 5.41) is 4.02. The van der Waals surface area contributed by atoms with E-state index >= 15 is 0 Å². The van der Waals surface area contributed by atoms with Crippen LogP contribution in [0.3, 0.4) is 0 Å². The van der Waals surface area contributed by atoms with Crippen LogP contribution in [0, 0.1) is 0 Å². The maximum absolute atomic E-state index is 12.9. The molecule has 0 aromatic heterocycles. The molecule has 142 valence electrons. The molecule has 0 bridgehead atoms. The second kappa shape index (κ2) is 10.1. The fraction of sp³-hybridized carbons (Fsp3) is 0.571. The lowest BCUT2D eigenvalue weighted by atomic mass is 9.97. The average molecular weight is 377 g/mol. The second-order valence-electron chi connectivity index (χ2n) is 7.20. The van der Waals surface area contributed by atoms with Crippen molar-refractivity contribution in [3.05, 3.63) is 46.5 Å². The molecule has 0 saturated carbocycles. The minimum atomic E-state index is -0.0159. The van der Waals surface area contributed by atoms with Gasteiger partial charge in [-0.3, -0.25) is 4.79 Å². The number of allylic oxidation sites excluding steroid dienone is 1. The van der Waals surface area contributed by atoms with Crippen molar-refractivity contribution in [1.82, 2.24) is 10.2 Å². The molecule has 1 N–H and O–H groups in total. The van der Waals surface area contributed by atoms with Gasteiger partial charge in [0.2, 0.25) is 5.91 Å². The Labute approximate surface area is 161 Å². The zero-order valence-electron chi connectivity index (χ0n) is 15.4. The summed E-state index contributed by atoms with van der Waals surface area (Å²) in [4.78, 5) is 14.9. The summed E-state index contributed by atoms with van der Waals surface area (Å²) in [6.07, 6.45) is 8.70. The third kappa shape index (κ3) is 6.11. The van der Waals surface area contributed by atoms with Crippen molar-refractivity contribution in [2.45, 2.75) is 51.2 Å². The maximum atomic E-state index is 12.9. The van der Waals surface area contributed by atoms with E-state index in [2.05, 4.69) is 11.4 Å². The molecule has 0 unspecified atom stereocenters. The molecule has 4 nitrogen and oxygen atoms in total. The fourth-order valence-corrected chi connectivity index (χ4v) is 3.71. The van der Waals surface area contributed by atoms with Crippen molar-refractivity contribution in [2.24, 2.45) is 0 Å². The van der Waals surface area contributed by atoms with Gasteiger partial charge in [0.15, 0.2) is 0 Å².